The fourth-order valence-electron chi connectivity index (χ4n) is 3.90. The van der Waals surface area contributed by atoms with Crippen LogP contribution in [0.2, 0.25) is 0 Å². The molecule has 1 saturated carbocycles. The molecule has 0 aromatic rings. The third kappa shape index (κ3) is 4.71. The van der Waals surface area contributed by atoms with E-state index in [1.54, 1.807) is 0 Å². The van der Waals surface area contributed by atoms with E-state index in [1.165, 1.54) is 51.4 Å². The van der Waals surface area contributed by atoms with Crippen LogP contribution >= 0.6 is 0 Å². The van der Waals surface area contributed by atoms with E-state index in [4.69, 9.17) is 4.74 Å². The molecule has 0 spiro atoms. The Hall–Kier alpha value is -0.120. The zero-order chi connectivity index (χ0) is 14.4. The monoisotopic (exact) mass is 282 g/mol. The van der Waals surface area contributed by atoms with Crippen LogP contribution in [-0.2, 0) is 4.74 Å². The second-order valence-electron chi connectivity index (χ2n) is 7.04. The molecule has 3 heteroatoms. The lowest BCUT2D eigenvalue weighted by Crippen LogP contribution is -2.54. The van der Waals surface area contributed by atoms with Gasteiger partial charge < -0.3 is 9.64 Å². The van der Waals surface area contributed by atoms with Crippen molar-refractivity contribution in [3.05, 3.63) is 0 Å². The van der Waals surface area contributed by atoms with E-state index in [2.05, 4.69) is 31.2 Å². The Kier molecular flexibility index (Phi) is 6.79. The highest BCUT2D eigenvalue weighted by molar-refractivity contribution is 4.90. The van der Waals surface area contributed by atoms with Gasteiger partial charge in [0.2, 0.25) is 0 Å². The zero-order valence-electron chi connectivity index (χ0n) is 13.7. The average Bonchev–Trinajstić information content (AvgIpc) is 2.44. The molecule has 4 unspecified atom stereocenters. The molecular weight excluding hydrogens is 248 g/mol. The zero-order valence-corrected chi connectivity index (χ0v) is 13.7. The van der Waals surface area contributed by atoms with Crippen LogP contribution < -0.4 is 5.32 Å². The van der Waals surface area contributed by atoms with Gasteiger partial charge in [-0.2, -0.15) is 0 Å². The molecule has 0 amide bonds. The Morgan fingerprint density at radius 3 is 2.75 bits per heavy atom. The van der Waals surface area contributed by atoms with E-state index >= 15 is 0 Å². The maximum absolute atomic E-state index is 6.22. The van der Waals surface area contributed by atoms with Crippen LogP contribution in [0, 0.1) is 11.8 Å². The molecule has 118 valence electrons. The molecular formula is C17H34N2O. The maximum Gasteiger partial charge on any atom is 0.111 e. The van der Waals surface area contributed by atoms with Crippen LogP contribution in [-0.4, -0.2) is 44.4 Å². The summed E-state index contributed by atoms with van der Waals surface area (Å²) in [6, 6.07) is 0.693. The first kappa shape index (κ1) is 16.3. The van der Waals surface area contributed by atoms with Crippen molar-refractivity contribution in [2.45, 2.75) is 70.6 Å². The summed E-state index contributed by atoms with van der Waals surface area (Å²) < 4.78 is 6.22. The van der Waals surface area contributed by atoms with Crippen LogP contribution in [0.25, 0.3) is 0 Å². The van der Waals surface area contributed by atoms with Crippen LogP contribution in [0.4, 0.5) is 0 Å². The minimum absolute atomic E-state index is 0.316. The standard InChI is InChI=1S/C17H34N2O/c1-4-5-9-15-13-14-8-6-7-10-16(14)17(18-15)20-12-11-19(2)3/h14-18H,4-13H2,1-3H3. The largest absolute Gasteiger partial charge is 0.362 e. The lowest BCUT2D eigenvalue weighted by molar-refractivity contribution is -0.0771. The van der Waals surface area contributed by atoms with Crippen LogP contribution in [0.15, 0.2) is 0 Å². The Morgan fingerprint density at radius 1 is 1.20 bits per heavy atom. The van der Waals surface area contributed by atoms with Crippen LogP contribution in [0.3, 0.4) is 0 Å². The highest BCUT2D eigenvalue weighted by Crippen LogP contribution is 2.39. The molecule has 3 nitrogen and oxygen atoms in total. The van der Waals surface area contributed by atoms with Gasteiger partial charge in [-0.3, -0.25) is 5.32 Å². The summed E-state index contributed by atoms with van der Waals surface area (Å²) in [6.45, 7) is 4.17. The lowest BCUT2D eigenvalue weighted by atomic mass is 9.72. The molecule has 1 N–H and O–H groups in total. The van der Waals surface area contributed by atoms with E-state index in [-0.39, 0.29) is 0 Å². The molecule has 1 aliphatic carbocycles. The maximum atomic E-state index is 6.22. The SMILES string of the molecule is CCCCC1CC2CCCCC2C(OCCN(C)C)N1. The average molecular weight is 282 g/mol. The second-order valence-corrected chi connectivity index (χ2v) is 7.04. The number of likely N-dealkylation sites (N-methyl/N-ethyl adjacent to an activating group) is 1. The Morgan fingerprint density at radius 2 is 2.00 bits per heavy atom. The first-order valence-electron chi connectivity index (χ1n) is 8.73. The van der Waals surface area contributed by atoms with Gasteiger partial charge in [0.15, 0.2) is 0 Å². The van der Waals surface area contributed by atoms with Gasteiger partial charge in [0.1, 0.15) is 6.23 Å². The van der Waals surface area contributed by atoms with Gasteiger partial charge in [0, 0.05) is 18.5 Å². The second kappa shape index (κ2) is 8.35. The van der Waals surface area contributed by atoms with Crippen LogP contribution in [0.1, 0.15) is 58.3 Å². The number of nitrogens with one attached hydrogen (secondary N) is 1. The first-order valence-corrected chi connectivity index (χ1v) is 8.73. The molecule has 20 heavy (non-hydrogen) atoms. The normalized spacial score (nSPS) is 34.2. The summed E-state index contributed by atoms with van der Waals surface area (Å²) in [5, 5.41) is 3.82. The van der Waals surface area contributed by atoms with Crippen molar-refractivity contribution in [2.24, 2.45) is 11.8 Å². The minimum Gasteiger partial charge on any atom is -0.362 e. The van der Waals surface area contributed by atoms with Crippen molar-refractivity contribution in [3.8, 4) is 0 Å². The van der Waals surface area contributed by atoms with E-state index in [9.17, 15) is 0 Å². The summed E-state index contributed by atoms with van der Waals surface area (Å²) in [4.78, 5) is 2.20. The number of hydrogen-bond acceptors (Lipinski definition) is 3. The molecule has 2 aliphatic rings. The van der Waals surface area contributed by atoms with E-state index in [0.717, 1.165) is 25.0 Å². The number of rotatable bonds is 7. The quantitative estimate of drug-likeness (QED) is 0.776. The number of fused-ring (bicyclic) bond motifs is 1. The summed E-state index contributed by atoms with van der Waals surface area (Å²) in [5.74, 6) is 1.68. The number of unbranched alkanes of at least 4 members (excludes halogenated alkanes) is 1. The van der Waals surface area contributed by atoms with E-state index in [0.29, 0.717) is 12.3 Å². The molecule has 0 aromatic carbocycles. The molecule has 1 saturated heterocycles. The molecule has 0 bridgehead atoms. The molecule has 4 atom stereocenters. The fraction of sp³-hybridized carbons (Fsp3) is 1.00. The fourth-order valence-corrected chi connectivity index (χ4v) is 3.90. The van der Waals surface area contributed by atoms with E-state index in [1.807, 2.05) is 0 Å². The van der Waals surface area contributed by atoms with Gasteiger partial charge in [0.05, 0.1) is 6.61 Å². The highest BCUT2D eigenvalue weighted by atomic mass is 16.5. The first-order chi connectivity index (χ1) is 9.70. The lowest BCUT2D eigenvalue weighted by Gasteiger charge is -2.45. The van der Waals surface area contributed by atoms with Gasteiger partial charge in [-0.1, -0.05) is 32.6 Å². The van der Waals surface area contributed by atoms with Crippen molar-refractivity contribution in [1.82, 2.24) is 10.2 Å². The molecule has 1 aliphatic heterocycles. The van der Waals surface area contributed by atoms with Crippen molar-refractivity contribution in [3.63, 3.8) is 0 Å². The molecule has 0 aromatic heterocycles. The number of ether oxygens (including phenoxy) is 1. The van der Waals surface area contributed by atoms with Crippen molar-refractivity contribution in [2.75, 3.05) is 27.2 Å². The Labute approximate surface area is 125 Å². The minimum atomic E-state index is 0.316. The Bertz CT molecular complexity index is 270. The molecule has 1 heterocycles. The van der Waals surface area contributed by atoms with Crippen molar-refractivity contribution >= 4 is 0 Å². The van der Waals surface area contributed by atoms with Crippen molar-refractivity contribution < 1.29 is 4.74 Å². The van der Waals surface area contributed by atoms with Crippen molar-refractivity contribution in [1.29, 1.82) is 0 Å². The number of piperidine rings is 1. The highest BCUT2D eigenvalue weighted by Gasteiger charge is 2.38. The smallest absolute Gasteiger partial charge is 0.111 e. The predicted octanol–water partition coefficient (Wildman–Crippen LogP) is 3.25. The summed E-state index contributed by atoms with van der Waals surface area (Å²) in [6.07, 6.45) is 11.3. The molecule has 0 radical (unpaired) electrons. The van der Waals surface area contributed by atoms with Crippen LogP contribution in [0.5, 0.6) is 0 Å². The van der Waals surface area contributed by atoms with Gasteiger partial charge in [-0.15, -0.1) is 0 Å². The number of hydrogen-bond donors (Lipinski definition) is 1. The van der Waals surface area contributed by atoms with Gasteiger partial charge in [-0.25, -0.2) is 0 Å². The summed E-state index contributed by atoms with van der Waals surface area (Å²) in [7, 11) is 4.23. The third-order valence-electron chi connectivity index (χ3n) is 5.09. The molecule has 2 fully saturated rings. The van der Waals surface area contributed by atoms with Gasteiger partial charge in [-0.05, 0) is 45.7 Å². The third-order valence-corrected chi connectivity index (χ3v) is 5.09. The summed E-state index contributed by atoms with van der Waals surface area (Å²) in [5.41, 5.74) is 0. The Balaban J connectivity index is 1.87. The summed E-state index contributed by atoms with van der Waals surface area (Å²) >= 11 is 0. The van der Waals surface area contributed by atoms with Gasteiger partial charge in [0.25, 0.3) is 0 Å². The molecule has 2 rings (SSSR count). The topological polar surface area (TPSA) is 24.5 Å². The number of nitrogens with zero attached hydrogens (tertiary/aromatic N) is 1. The van der Waals surface area contributed by atoms with E-state index < -0.39 is 0 Å². The predicted molar refractivity (Wildman–Crippen MR) is 84.8 cm³/mol. The van der Waals surface area contributed by atoms with Gasteiger partial charge >= 0.3 is 0 Å².